The fraction of sp³-hybridized carbons (Fsp3) is 0.500. The second kappa shape index (κ2) is 7.14. The summed E-state index contributed by atoms with van der Waals surface area (Å²) in [4.78, 5) is 48.5. The Morgan fingerprint density at radius 2 is 2.00 bits per heavy atom. The molecule has 0 aromatic carbocycles. The van der Waals surface area contributed by atoms with Gasteiger partial charge >= 0.3 is 15.6 Å². The lowest BCUT2D eigenvalue weighted by atomic mass is 10.1. The maximum Gasteiger partial charge on any atom is 0.481 e. The molecule has 0 radical (unpaired) electrons. The molecular weight excluding hydrogens is 414 g/mol. The smallest absolute Gasteiger partial charge is 0.394 e. The van der Waals surface area contributed by atoms with E-state index in [0.717, 1.165) is 17.2 Å². The molecule has 0 aliphatic carbocycles. The van der Waals surface area contributed by atoms with Gasteiger partial charge in [-0.05, 0) is 0 Å². The summed E-state index contributed by atoms with van der Waals surface area (Å²) in [6.45, 7) is -0.783. The highest BCUT2D eigenvalue weighted by Gasteiger charge is 2.50. The molecule has 150 valence electrons. The average Bonchev–Trinajstić information content (AvgIpc) is 3.08. The van der Waals surface area contributed by atoms with Crippen LogP contribution < -0.4 is 5.56 Å². The van der Waals surface area contributed by atoms with Gasteiger partial charge in [0.1, 0.15) is 18.3 Å². The van der Waals surface area contributed by atoms with Crippen molar-refractivity contribution in [1.82, 2.24) is 19.5 Å². The van der Waals surface area contributed by atoms with Crippen LogP contribution in [0.3, 0.4) is 0 Å². The van der Waals surface area contributed by atoms with Gasteiger partial charge in [0.2, 0.25) is 0 Å². The van der Waals surface area contributed by atoms with E-state index in [1.807, 2.05) is 0 Å². The predicted molar refractivity (Wildman–Crippen MR) is 83.0 cm³/mol. The number of hydrogen-bond acceptors (Lipinski definition) is 10. The molecule has 1 aliphatic rings. The van der Waals surface area contributed by atoms with Crippen molar-refractivity contribution in [2.75, 3.05) is 6.61 Å². The monoisotopic (exact) mass is 428 g/mol. The van der Waals surface area contributed by atoms with Gasteiger partial charge in [-0.3, -0.25) is 13.9 Å². The average molecular weight is 428 g/mol. The van der Waals surface area contributed by atoms with Gasteiger partial charge in [0.15, 0.2) is 17.4 Å². The molecule has 1 saturated heterocycles. The van der Waals surface area contributed by atoms with Crippen molar-refractivity contribution in [1.29, 1.82) is 0 Å². The standard InChI is InChI=1S/C10H14N4O11P2/c15-1-4-7(24-27(21,22)25-26(18,19)20)6(16)10(23-4)14-3-13-5-8(14)11-2-12-9(5)17/h2-4,6-7,10,15-16H,1H2,(H,21,22)(H,11,12,17)(H2,18,19,20)/t4-,6-,7-,10-/m1/s1. The Balaban J connectivity index is 1.90. The molecule has 0 bridgehead atoms. The molecule has 2 aromatic rings. The molecule has 6 N–H and O–H groups in total. The minimum absolute atomic E-state index is 0.0128. The van der Waals surface area contributed by atoms with E-state index in [2.05, 4.69) is 23.8 Å². The molecule has 1 fully saturated rings. The van der Waals surface area contributed by atoms with E-state index in [4.69, 9.17) is 14.5 Å². The lowest BCUT2D eigenvalue weighted by Crippen LogP contribution is -2.35. The van der Waals surface area contributed by atoms with Crippen molar-refractivity contribution >= 4 is 26.8 Å². The normalized spacial score (nSPS) is 28.5. The Morgan fingerprint density at radius 1 is 1.30 bits per heavy atom. The Labute approximate surface area is 149 Å². The fourth-order valence-electron chi connectivity index (χ4n) is 2.58. The third-order valence-electron chi connectivity index (χ3n) is 3.59. The second-order valence-corrected chi connectivity index (χ2v) is 8.19. The first-order valence-corrected chi connectivity index (χ1v) is 10.2. The lowest BCUT2D eigenvalue weighted by Gasteiger charge is -2.22. The summed E-state index contributed by atoms with van der Waals surface area (Å²) in [6.07, 6.45) is -3.95. The molecule has 17 heteroatoms. The maximum absolute atomic E-state index is 11.7. The summed E-state index contributed by atoms with van der Waals surface area (Å²) in [5.41, 5.74) is -0.623. The molecule has 3 rings (SSSR count). The molecule has 2 aromatic heterocycles. The minimum Gasteiger partial charge on any atom is -0.394 e. The SMILES string of the molecule is O=c1[nH]cnc2c1ncn2[C@@H]1O[C@H](CO)[C@@H](OP(=O)(O)OP(=O)(O)O)[C@H]1O. The molecule has 1 unspecified atom stereocenters. The third-order valence-corrected chi connectivity index (χ3v) is 5.78. The number of aromatic nitrogens is 4. The number of aliphatic hydroxyl groups is 2. The Hall–Kier alpha value is -1.51. The van der Waals surface area contributed by atoms with Crippen molar-refractivity contribution in [3.8, 4) is 0 Å². The summed E-state index contributed by atoms with van der Waals surface area (Å²) in [5.74, 6) is 0. The quantitative estimate of drug-likeness (QED) is 0.273. The highest BCUT2D eigenvalue weighted by molar-refractivity contribution is 7.60. The molecule has 15 nitrogen and oxygen atoms in total. The van der Waals surface area contributed by atoms with Gasteiger partial charge in [0.05, 0.1) is 19.3 Å². The van der Waals surface area contributed by atoms with E-state index >= 15 is 0 Å². The summed E-state index contributed by atoms with van der Waals surface area (Å²) < 4.78 is 37.2. The van der Waals surface area contributed by atoms with Crippen molar-refractivity contribution in [2.45, 2.75) is 24.5 Å². The lowest BCUT2D eigenvalue weighted by molar-refractivity contribution is -0.0509. The van der Waals surface area contributed by atoms with Gasteiger partial charge in [-0.1, -0.05) is 0 Å². The largest absolute Gasteiger partial charge is 0.481 e. The van der Waals surface area contributed by atoms with Gasteiger partial charge in [-0.15, -0.1) is 0 Å². The first kappa shape index (κ1) is 20.2. The Bertz CT molecular complexity index is 985. The maximum atomic E-state index is 11.7. The summed E-state index contributed by atoms with van der Waals surface area (Å²) in [5, 5.41) is 19.8. The highest BCUT2D eigenvalue weighted by atomic mass is 31.3. The van der Waals surface area contributed by atoms with Crippen molar-refractivity contribution in [3.05, 3.63) is 23.0 Å². The molecule has 0 amide bonds. The number of rotatable bonds is 6. The Kier molecular flexibility index (Phi) is 5.35. The molecule has 1 aliphatic heterocycles. The van der Waals surface area contributed by atoms with Crippen molar-refractivity contribution in [3.63, 3.8) is 0 Å². The van der Waals surface area contributed by atoms with Crippen LogP contribution in [0.1, 0.15) is 6.23 Å². The number of aliphatic hydroxyl groups excluding tert-OH is 2. The van der Waals surface area contributed by atoms with E-state index in [0.29, 0.717) is 0 Å². The van der Waals surface area contributed by atoms with Gasteiger partial charge < -0.3 is 34.6 Å². The van der Waals surface area contributed by atoms with E-state index in [1.54, 1.807) is 0 Å². The number of H-pyrrole nitrogens is 1. The zero-order chi connectivity index (χ0) is 20.0. The first-order valence-electron chi connectivity index (χ1n) is 7.15. The third kappa shape index (κ3) is 4.17. The Morgan fingerprint density at radius 3 is 2.63 bits per heavy atom. The van der Waals surface area contributed by atoms with Gasteiger partial charge in [-0.25, -0.2) is 19.1 Å². The summed E-state index contributed by atoms with van der Waals surface area (Å²) in [7, 11) is -10.7. The number of imidazole rings is 1. The summed E-state index contributed by atoms with van der Waals surface area (Å²) >= 11 is 0. The van der Waals surface area contributed by atoms with Crippen LogP contribution in [0, 0.1) is 0 Å². The van der Waals surface area contributed by atoms with Crippen LogP contribution in [-0.4, -0.2) is 69.3 Å². The van der Waals surface area contributed by atoms with Crippen LogP contribution in [0.2, 0.25) is 0 Å². The van der Waals surface area contributed by atoms with Crippen LogP contribution in [0.25, 0.3) is 11.2 Å². The number of phosphoric acid groups is 2. The highest BCUT2D eigenvalue weighted by Crippen LogP contribution is 2.59. The van der Waals surface area contributed by atoms with Crippen LogP contribution in [0.15, 0.2) is 17.4 Å². The van der Waals surface area contributed by atoms with Crippen molar-refractivity contribution < 1.29 is 47.6 Å². The zero-order valence-corrected chi connectivity index (χ0v) is 14.9. The second-order valence-electron chi connectivity index (χ2n) is 5.40. The number of phosphoric ester groups is 1. The molecule has 5 atom stereocenters. The zero-order valence-electron chi connectivity index (χ0n) is 13.1. The topological polar surface area (TPSA) is 227 Å². The van der Waals surface area contributed by atoms with E-state index < -0.39 is 52.4 Å². The number of nitrogens with one attached hydrogen (secondary N) is 1. The predicted octanol–water partition coefficient (Wildman–Crippen LogP) is -2.03. The van der Waals surface area contributed by atoms with Gasteiger partial charge in [0, 0.05) is 0 Å². The number of fused-ring (bicyclic) bond motifs is 1. The van der Waals surface area contributed by atoms with Crippen LogP contribution in [0.5, 0.6) is 0 Å². The number of ether oxygens (including phenoxy) is 1. The van der Waals surface area contributed by atoms with Crippen LogP contribution in [0.4, 0.5) is 0 Å². The fourth-order valence-corrected chi connectivity index (χ4v) is 4.38. The number of nitrogens with zero attached hydrogens (tertiary/aromatic N) is 3. The summed E-state index contributed by atoms with van der Waals surface area (Å²) in [6, 6.07) is 0. The molecular formula is C10H14N4O11P2. The van der Waals surface area contributed by atoms with Crippen LogP contribution >= 0.6 is 15.6 Å². The van der Waals surface area contributed by atoms with E-state index in [9.17, 15) is 29.0 Å². The molecule has 0 saturated carbocycles. The first-order chi connectivity index (χ1) is 12.5. The van der Waals surface area contributed by atoms with Crippen LogP contribution in [-0.2, 0) is 22.7 Å². The van der Waals surface area contributed by atoms with Crippen molar-refractivity contribution in [2.24, 2.45) is 0 Å². The van der Waals surface area contributed by atoms with E-state index in [1.165, 1.54) is 0 Å². The number of aromatic amines is 1. The van der Waals surface area contributed by atoms with E-state index in [-0.39, 0.29) is 11.2 Å². The minimum atomic E-state index is -5.38. The molecule has 27 heavy (non-hydrogen) atoms. The molecule has 3 heterocycles. The van der Waals surface area contributed by atoms with Gasteiger partial charge in [0.25, 0.3) is 5.56 Å². The molecule has 0 spiro atoms. The van der Waals surface area contributed by atoms with Gasteiger partial charge in [-0.2, -0.15) is 4.31 Å². The number of hydrogen-bond donors (Lipinski definition) is 6.